The van der Waals surface area contributed by atoms with Crippen molar-refractivity contribution in [1.29, 1.82) is 0 Å². The summed E-state index contributed by atoms with van der Waals surface area (Å²) in [6.45, 7) is 2.18. The molecule has 20 heavy (non-hydrogen) atoms. The minimum atomic E-state index is 0.353. The molecular weight excluding hydrogens is 244 g/mol. The summed E-state index contributed by atoms with van der Waals surface area (Å²) in [5.41, 5.74) is 2.37. The minimum Gasteiger partial charge on any atom is -0.367 e. The average molecular weight is 262 g/mol. The summed E-state index contributed by atoms with van der Waals surface area (Å²) in [6.07, 6.45) is 0.995. The SMILES string of the molecule is CC(Cc1ccccc1)Nc1ccc2ccccc2n1. The van der Waals surface area contributed by atoms with E-state index in [2.05, 4.69) is 53.6 Å². The molecule has 0 saturated heterocycles. The molecule has 0 aliphatic heterocycles. The maximum atomic E-state index is 4.65. The van der Waals surface area contributed by atoms with E-state index < -0.39 is 0 Å². The first-order chi connectivity index (χ1) is 9.81. The van der Waals surface area contributed by atoms with Gasteiger partial charge in [-0.15, -0.1) is 0 Å². The number of anilines is 1. The number of para-hydroxylation sites is 1. The Morgan fingerprint density at radius 3 is 2.50 bits per heavy atom. The fourth-order valence-corrected chi connectivity index (χ4v) is 2.42. The number of benzene rings is 2. The van der Waals surface area contributed by atoms with Crippen LogP contribution in [-0.2, 0) is 6.42 Å². The quantitative estimate of drug-likeness (QED) is 0.759. The smallest absolute Gasteiger partial charge is 0.126 e. The van der Waals surface area contributed by atoms with Crippen LogP contribution in [0.25, 0.3) is 10.9 Å². The molecule has 0 aliphatic rings. The van der Waals surface area contributed by atoms with E-state index in [4.69, 9.17) is 0 Å². The summed E-state index contributed by atoms with van der Waals surface area (Å²) in [5.74, 6) is 0.937. The van der Waals surface area contributed by atoms with E-state index in [0.29, 0.717) is 6.04 Å². The molecule has 2 aromatic carbocycles. The van der Waals surface area contributed by atoms with Crippen molar-refractivity contribution >= 4 is 16.7 Å². The second kappa shape index (κ2) is 5.74. The molecule has 1 N–H and O–H groups in total. The third-order valence-corrected chi connectivity index (χ3v) is 3.38. The van der Waals surface area contributed by atoms with Crippen LogP contribution in [0.3, 0.4) is 0 Å². The van der Waals surface area contributed by atoms with Gasteiger partial charge in [0.2, 0.25) is 0 Å². The van der Waals surface area contributed by atoms with Crippen molar-refractivity contribution in [2.24, 2.45) is 0 Å². The number of rotatable bonds is 4. The van der Waals surface area contributed by atoms with Crippen LogP contribution in [0.15, 0.2) is 66.7 Å². The van der Waals surface area contributed by atoms with Crippen LogP contribution < -0.4 is 5.32 Å². The Morgan fingerprint density at radius 1 is 0.900 bits per heavy atom. The Hall–Kier alpha value is -2.35. The van der Waals surface area contributed by atoms with Crippen molar-refractivity contribution in [2.75, 3.05) is 5.32 Å². The Kier molecular flexibility index (Phi) is 3.64. The number of hydrogen-bond acceptors (Lipinski definition) is 2. The average Bonchev–Trinajstić information content (AvgIpc) is 2.48. The predicted molar refractivity (Wildman–Crippen MR) is 85.0 cm³/mol. The maximum Gasteiger partial charge on any atom is 0.126 e. The van der Waals surface area contributed by atoms with E-state index in [1.54, 1.807) is 0 Å². The molecule has 0 fully saturated rings. The van der Waals surface area contributed by atoms with E-state index in [-0.39, 0.29) is 0 Å². The second-order valence-corrected chi connectivity index (χ2v) is 5.12. The third kappa shape index (κ3) is 2.97. The highest BCUT2D eigenvalue weighted by molar-refractivity contribution is 5.80. The fraction of sp³-hybridized carbons (Fsp3) is 0.167. The zero-order valence-electron chi connectivity index (χ0n) is 11.6. The monoisotopic (exact) mass is 262 g/mol. The number of pyridine rings is 1. The van der Waals surface area contributed by atoms with Gasteiger partial charge in [-0.1, -0.05) is 48.5 Å². The van der Waals surface area contributed by atoms with Crippen LogP contribution >= 0.6 is 0 Å². The summed E-state index contributed by atoms with van der Waals surface area (Å²) >= 11 is 0. The summed E-state index contributed by atoms with van der Waals surface area (Å²) < 4.78 is 0. The first-order valence-electron chi connectivity index (χ1n) is 6.97. The van der Waals surface area contributed by atoms with Gasteiger partial charge < -0.3 is 5.32 Å². The highest BCUT2D eigenvalue weighted by Crippen LogP contribution is 2.16. The molecule has 0 spiro atoms. The Morgan fingerprint density at radius 2 is 1.65 bits per heavy atom. The van der Waals surface area contributed by atoms with E-state index in [1.807, 2.05) is 30.3 Å². The van der Waals surface area contributed by atoms with E-state index >= 15 is 0 Å². The molecule has 1 atom stereocenters. The van der Waals surface area contributed by atoms with Gasteiger partial charge in [-0.25, -0.2) is 4.98 Å². The van der Waals surface area contributed by atoms with Gasteiger partial charge in [0.25, 0.3) is 0 Å². The molecule has 0 bridgehead atoms. The molecule has 1 unspecified atom stereocenters. The molecule has 0 saturated carbocycles. The zero-order chi connectivity index (χ0) is 13.8. The van der Waals surface area contributed by atoms with E-state index in [1.165, 1.54) is 10.9 Å². The molecule has 1 aromatic heterocycles. The van der Waals surface area contributed by atoms with Gasteiger partial charge in [0.05, 0.1) is 5.52 Å². The van der Waals surface area contributed by atoms with Gasteiger partial charge in [0, 0.05) is 11.4 Å². The van der Waals surface area contributed by atoms with Crippen LogP contribution in [0, 0.1) is 0 Å². The van der Waals surface area contributed by atoms with Gasteiger partial charge in [0.1, 0.15) is 5.82 Å². The molecule has 0 radical (unpaired) electrons. The molecule has 3 aromatic rings. The maximum absolute atomic E-state index is 4.65. The Labute approximate surface area is 119 Å². The van der Waals surface area contributed by atoms with Crippen LogP contribution in [0.5, 0.6) is 0 Å². The van der Waals surface area contributed by atoms with Gasteiger partial charge in [-0.05, 0) is 37.1 Å². The van der Waals surface area contributed by atoms with Crippen LogP contribution in [0.4, 0.5) is 5.82 Å². The molecular formula is C18H18N2. The van der Waals surface area contributed by atoms with Crippen molar-refractivity contribution in [3.8, 4) is 0 Å². The van der Waals surface area contributed by atoms with Crippen LogP contribution in [0.2, 0.25) is 0 Å². The van der Waals surface area contributed by atoms with Crippen molar-refractivity contribution < 1.29 is 0 Å². The van der Waals surface area contributed by atoms with Crippen LogP contribution in [0.1, 0.15) is 12.5 Å². The molecule has 3 rings (SSSR count). The van der Waals surface area contributed by atoms with E-state index in [9.17, 15) is 0 Å². The van der Waals surface area contributed by atoms with Gasteiger partial charge in [-0.3, -0.25) is 0 Å². The van der Waals surface area contributed by atoms with Gasteiger partial charge >= 0.3 is 0 Å². The topological polar surface area (TPSA) is 24.9 Å². The lowest BCUT2D eigenvalue weighted by atomic mass is 10.1. The van der Waals surface area contributed by atoms with Crippen molar-refractivity contribution in [1.82, 2.24) is 4.98 Å². The van der Waals surface area contributed by atoms with Gasteiger partial charge in [0.15, 0.2) is 0 Å². The third-order valence-electron chi connectivity index (χ3n) is 3.38. The lowest BCUT2D eigenvalue weighted by molar-refractivity contribution is 0.786. The Bertz CT molecular complexity index is 692. The second-order valence-electron chi connectivity index (χ2n) is 5.12. The molecule has 2 nitrogen and oxygen atoms in total. The summed E-state index contributed by atoms with van der Waals surface area (Å²) in [6, 6.07) is 23.2. The fourth-order valence-electron chi connectivity index (χ4n) is 2.42. The lowest BCUT2D eigenvalue weighted by Gasteiger charge is -2.15. The van der Waals surface area contributed by atoms with Crippen LogP contribution in [-0.4, -0.2) is 11.0 Å². The normalized spacial score (nSPS) is 12.2. The molecule has 2 heteroatoms. The Balaban J connectivity index is 1.72. The highest BCUT2D eigenvalue weighted by atomic mass is 15.0. The first-order valence-corrected chi connectivity index (χ1v) is 6.97. The van der Waals surface area contributed by atoms with Gasteiger partial charge in [-0.2, -0.15) is 0 Å². The summed E-state index contributed by atoms with van der Waals surface area (Å²) in [4.78, 5) is 4.65. The first kappa shape index (κ1) is 12.7. The number of nitrogens with one attached hydrogen (secondary N) is 1. The number of nitrogens with zero attached hydrogens (tertiary/aromatic N) is 1. The molecule has 1 heterocycles. The largest absolute Gasteiger partial charge is 0.367 e. The standard InChI is InChI=1S/C18H18N2/c1-14(13-15-7-3-2-4-8-15)19-18-12-11-16-9-5-6-10-17(16)20-18/h2-12,14H,13H2,1H3,(H,19,20). The van der Waals surface area contributed by atoms with E-state index in [0.717, 1.165) is 17.8 Å². The molecule has 0 amide bonds. The van der Waals surface area contributed by atoms with Crippen molar-refractivity contribution in [2.45, 2.75) is 19.4 Å². The number of aromatic nitrogens is 1. The molecule has 100 valence electrons. The zero-order valence-corrected chi connectivity index (χ0v) is 11.6. The van der Waals surface area contributed by atoms with Crippen molar-refractivity contribution in [3.05, 3.63) is 72.3 Å². The predicted octanol–water partition coefficient (Wildman–Crippen LogP) is 4.28. The molecule has 0 aliphatic carbocycles. The highest BCUT2D eigenvalue weighted by Gasteiger charge is 2.04. The number of hydrogen-bond donors (Lipinski definition) is 1. The lowest BCUT2D eigenvalue weighted by Crippen LogP contribution is -2.18. The minimum absolute atomic E-state index is 0.353. The number of fused-ring (bicyclic) bond motifs is 1. The summed E-state index contributed by atoms with van der Waals surface area (Å²) in [5, 5.41) is 4.65. The summed E-state index contributed by atoms with van der Waals surface area (Å²) in [7, 11) is 0. The van der Waals surface area contributed by atoms with Crippen molar-refractivity contribution in [3.63, 3.8) is 0 Å².